The van der Waals surface area contributed by atoms with Crippen molar-refractivity contribution in [2.45, 2.75) is 38.3 Å². The molecular formula is C12H14ClF2N3O2S. The van der Waals surface area contributed by atoms with Gasteiger partial charge in [0.05, 0.1) is 5.54 Å². The highest BCUT2D eigenvalue weighted by Gasteiger charge is 2.39. The van der Waals surface area contributed by atoms with Gasteiger partial charge in [-0.05, 0) is 32.3 Å². The van der Waals surface area contributed by atoms with Crippen LogP contribution in [0.5, 0.6) is 5.75 Å². The van der Waals surface area contributed by atoms with E-state index in [-0.39, 0.29) is 24.0 Å². The molecule has 1 fully saturated rings. The molecule has 0 spiro atoms. The standard InChI is InChI=1S/C12H13F2N3O2S.ClH/c1-6-5-7(18-11(13)14)8(20-6)9-16-10(17-19-9)12(15)3-2-4-12;/h5,11H,2-4,15H2,1H3;1H. The predicted molar refractivity (Wildman–Crippen MR) is 75.9 cm³/mol. The van der Waals surface area contributed by atoms with E-state index in [1.165, 1.54) is 17.4 Å². The lowest BCUT2D eigenvalue weighted by Crippen LogP contribution is -2.44. The summed E-state index contributed by atoms with van der Waals surface area (Å²) in [5, 5.41) is 3.87. The average Bonchev–Trinajstić information content (AvgIpc) is 2.92. The molecule has 1 aliphatic rings. The Hall–Kier alpha value is -1.25. The van der Waals surface area contributed by atoms with Gasteiger partial charge in [0.1, 0.15) is 10.6 Å². The predicted octanol–water partition coefficient (Wildman–Crippen LogP) is 3.47. The molecule has 0 amide bonds. The van der Waals surface area contributed by atoms with Gasteiger partial charge in [0.25, 0.3) is 5.89 Å². The van der Waals surface area contributed by atoms with E-state index in [0.29, 0.717) is 10.7 Å². The number of ether oxygens (including phenoxy) is 1. The van der Waals surface area contributed by atoms with Crippen LogP contribution in [0.3, 0.4) is 0 Å². The van der Waals surface area contributed by atoms with Gasteiger partial charge in [-0.1, -0.05) is 5.16 Å². The monoisotopic (exact) mass is 337 g/mol. The third-order valence-electron chi connectivity index (χ3n) is 3.35. The van der Waals surface area contributed by atoms with E-state index >= 15 is 0 Å². The maximum Gasteiger partial charge on any atom is 0.387 e. The van der Waals surface area contributed by atoms with Crippen LogP contribution in [-0.4, -0.2) is 16.8 Å². The average molecular weight is 338 g/mol. The SMILES string of the molecule is Cc1cc(OC(F)F)c(-c2nc(C3(N)CCC3)no2)s1.Cl. The van der Waals surface area contributed by atoms with Crippen LogP contribution in [0.2, 0.25) is 0 Å². The highest BCUT2D eigenvalue weighted by molar-refractivity contribution is 7.15. The van der Waals surface area contributed by atoms with Crippen LogP contribution in [0.4, 0.5) is 8.78 Å². The molecule has 3 rings (SSSR count). The molecular weight excluding hydrogens is 324 g/mol. The maximum atomic E-state index is 12.4. The number of alkyl halides is 2. The molecule has 0 aliphatic heterocycles. The molecule has 2 aromatic heterocycles. The van der Waals surface area contributed by atoms with Gasteiger partial charge in [-0.25, -0.2) is 0 Å². The fourth-order valence-electron chi connectivity index (χ4n) is 2.12. The summed E-state index contributed by atoms with van der Waals surface area (Å²) in [6.45, 7) is -1.10. The third kappa shape index (κ3) is 3.02. The Morgan fingerprint density at radius 2 is 2.19 bits per heavy atom. The number of aromatic nitrogens is 2. The Morgan fingerprint density at radius 3 is 2.76 bits per heavy atom. The molecule has 0 atom stereocenters. The molecule has 1 saturated carbocycles. The first kappa shape index (κ1) is 16.1. The van der Waals surface area contributed by atoms with Crippen molar-refractivity contribution in [1.82, 2.24) is 10.1 Å². The fourth-order valence-corrected chi connectivity index (χ4v) is 2.99. The van der Waals surface area contributed by atoms with Gasteiger partial charge in [0.2, 0.25) is 0 Å². The molecule has 2 aromatic rings. The second-order valence-electron chi connectivity index (χ2n) is 4.86. The molecule has 0 unspecified atom stereocenters. The normalized spacial score (nSPS) is 16.4. The topological polar surface area (TPSA) is 74.2 Å². The van der Waals surface area contributed by atoms with Crippen LogP contribution in [-0.2, 0) is 5.54 Å². The minimum absolute atomic E-state index is 0. The molecule has 0 radical (unpaired) electrons. The van der Waals surface area contributed by atoms with Gasteiger partial charge in [-0.2, -0.15) is 13.8 Å². The summed E-state index contributed by atoms with van der Waals surface area (Å²) in [6.07, 6.45) is 2.63. The number of nitrogens with zero attached hydrogens (tertiary/aromatic N) is 2. The molecule has 2 N–H and O–H groups in total. The van der Waals surface area contributed by atoms with E-state index in [2.05, 4.69) is 14.9 Å². The maximum absolute atomic E-state index is 12.4. The second kappa shape index (κ2) is 5.86. The van der Waals surface area contributed by atoms with Crippen LogP contribution in [0.1, 0.15) is 30.0 Å². The van der Waals surface area contributed by atoms with Crippen molar-refractivity contribution in [1.29, 1.82) is 0 Å². The first-order valence-corrected chi connectivity index (χ1v) is 6.98. The summed E-state index contributed by atoms with van der Waals surface area (Å²) >= 11 is 1.26. The molecule has 1 aliphatic carbocycles. The van der Waals surface area contributed by atoms with E-state index in [1.807, 2.05) is 0 Å². The quantitative estimate of drug-likeness (QED) is 0.924. The lowest BCUT2D eigenvalue weighted by atomic mass is 9.77. The number of aryl methyl sites for hydroxylation is 1. The van der Waals surface area contributed by atoms with Crippen molar-refractivity contribution in [2.24, 2.45) is 5.73 Å². The van der Waals surface area contributed by atoms with E-state index < -0.39 is 12.2 Å². The van der Waals surface area contributed by atoms with Crippen molar-refractivity contribution in [2.75, 3.05) is 0 Å². The lowest BCUT2D eigenvalue weighted by molar-refractivity contribution is -0.0492. The number of halogens is 3. The summed E-state index contributed by atoms with van der Waals surface area (Å²) in [7, 11) is 0. The molecule has 0 saturated heterocycles. The van der Waals surface area contributed by atoms with Crippen molar-refractivity contribution in [3.63, 3.8) is 0 Å². The Balaban J connectivity index is 0.00000161. The zero-order valence-electron chi connectivity index (χ0n) is 11.1. The van der Waals surface area contributed by atoms with Crippen molar-refractivity contribution in [3.8, 4) is 16.5 Å². The fraction of sp³-hybridized carbons (Fsp3) is 0.500. The minimum Gasteiger partial charge on any atom is -0.433 e. The highest BCUT2D eigenvalue weighted by Crippen LogP contribution is 2.41. The summed E-state index contributed by atoms with van der Waals surface area (Å²) in [6, 6.07) is 1.53. The Bertz CT molecular complexity index is 628. The van der Waals surface area contributed by atoms with E-state index in [0.717, 1.165) is 24.1 Å². The molecule has 0 aromatic carbocycles. The Kier molecular flexibility index (Phi) is 4.50. The summed E-state index contributed by atoms with van der Waals surface area (Å²) in [5.74, 6) is 0.649. The smallest absolute Gasteiger partial charge is 0.387 e. The van der Waals surface area contributed by atoms with Crippen molar-refractivity contribution < 1.29 is 18.0 Å². The molecule has 5 nitrogen and oxygen atoms in total. The molecule has 0 bridgehead atoms. The van der Waals surface area contributed by atoms with Gasteiger partial charge in [0, 0.05) is 4.88 Å². The largest absolute Gasteiger partial charge is 0.433 e. The molecule has 21 heavy (non-hydrogen) atoms. The number of hydrogen-bond donors (Lipinski definition) is 1. The van der Waals surface area contributed by atoms with E-state index in [9.17, 15) is 8.78 Å². The molecule has 9 heteroatoms. The molecule has 2 heterocycles. The van der Waals surface area contributed by atoms with Crippen LogP contribution in [0.15, 0.2) is 10.6 Å². The van der Waals surface area contributed by atoms with Gasteiger partial charge in [0.15, 0.2) is 5.82 Å². The summed E-state index contributed by atoms with van der Waals surface area (Å²) < 4.78 is 34.4. The van der Waals surface area contributed by atoms with Gasteiger partial charge < -0.3 is 15.0 Å². The summed E-state index contributed by atoms with van der Waals surface area (Å²) in [5.41, 5.74) is 5.56. The first-order chi connectivity index (χ1) is 9.48. The first-order valence-electron chi connectivity index (χ1n) is 6.17. The zero-order chi connectivity index (χ0) is 14.3. The Labute approximate surface area is 129 Å². The third-order valence-corrected chi connectivity index (χ3v) is 4.37. The summed E-state index contributed by atoms with van der Waals surface area (Å²) in [4.78, 5) is 5.47. The van der Waals surface area contributed by atoms with Gasteiger partial charge in [-0.15, -0.1) is 23.7 Å². The van der Waals surface area contributed by atoms with Crippen LogP contribution < -0.4 is 10.5 Å². The number of thiophene rings is 1. The number of hydrogen-bond acceptors (Lipinski definition) is 6. The van der Waals surface area contributed by atoms with E-state index in [4.69, 9.17) is 10.3 Å². The minimum atomic E-state index is -2.89. The van der Waals surface area contributed by atoms with Gasteiger partial charge in [-0.3, -0.25) is 0 Å². The number of rotatable bonds is 4. The zero-order valence-corrected chi connectivity index (χ0v) is 12.8. The molecule has 116 valence electrons. The second-order valence-corrected chi connectivity index (χ2v) is 6.12. The highest BCUT2D eigenvalue weighted by atomic mass is 35.5. The Morgan fingerprint density at radius 1 is 1.48 bits per heavy atom. The van der Waals surface area contributed by atoms with Crippen LogP contribution in [0.25, 0.3) is 10.8 Å². The van der Waals surface area contributed by atoms with E-state index in [1.54, 1.807) is 6.92 Å². The lowest BCUT2D eigenvalue weighted by Gasteiger charge is -2.34. The van der Waals surface area contributed by atoms with Crippen LogP contribution >= 0.6 is 23.7 Å². The number of nitrogens with two attached hydrogens (primary N) is 1. The van der Waals surface area contributed by atoms with Crippen molar-refractivity contribution in [3.05, 3.63) is 16.8 Å². The van der Waals surface area contributed by atoms with Crippen molar-refractivity contribution >= 4 is 23.7 Å². The van der Waals surface area contributed by atoms with Gasteiger partial charge >= 0.3 is 6.61 Å². The van der Waals surface area contributed by atoms with Crippen LogP contribution in [0, 0.1) is 6.92 Å².